The molecule has 1 atom stereocenters. The molecular weight excluding hydrogens is 348 g/mol. The lowest BCUT2D eigenvalue weighted by molar-refractivity contribution is 0.558. The van der Waals surface area contributed by atoms with Gasteiger partial charge in [-0.05, 0) is 34.9 Å². The molecule has 5 rings (SSSR count). The molecule has 0 spiro atoms. The SMILES string of the molecule is c1ccc(C[C@H]2CN3C(=N2)SC(c2ccccc2)=C3c2ccccc2)cc1. The van der Waals surface area contributed by atoms with E-state index in [1.165, 1.54) is 27.3 Å². The van der Waals surface area contributed by atoms with Crippen molar-refractivity contribution in [2.75, 3.05) is 6.54 Å². The van der Waals surface area contributed by atoms with Crippen molar-refractivity contribution in [2.24, 2.45) is 4.99 Å². The highest BCUT2D eigenvalue weighted by Crippen LogP contribution is 2.47. The van der Waals surface area contributed by atoms with Crippen molar-refractivity contribution in [1.82, 2.24) is 4.90 Å². The minimum absolute atomic E-state index is 0.311. The van der Waals surface area contributed by atoms with Gasteiger partial charge in [0.05, 0.1) is 11.7 Å². The van der Waals surface area contributed by atoms with E-state index in [1.807, 2.05) is 11.8 Å². The van der Waals surface area contributed by atoms with Crippen molar-refractivity contribution in [3.05, 3.63) is 108 Å². The first-order valence-corrected chi connectivity index (χ1v) is 10.1. The van der Waals surface area contributed by atoms with E-state index in [9.17, 15) is 0 Å². The number of nitrogens with zero attached hydrogens (tertiary/aromatic N) is 2. The Kier molecular flexibility index (Phi) is 4.30. The fourth-order valence-corrected chi connectivity index (χ4v) is 4.99. The van der Waals surface area contributed by atoms with Crippen molar-refractivity contribution in [1.29, 1.82) is 0 Å². The summed E-state index contributed by atoms with van der Waals surface area (Å²) in [5, 5.41) is 1.13. The molecule has 0 bridgehead atoms. The van der Waals surface area contributed by atoms with Crippen molar-refractivity contribution in [2.45, 2.75) is 12.5 Å². The van der Waals surface area contributed by atoms with Gasteiger partial charge in [-0.3, -0.25) is 4.99 Å². The van der Waals surface area contributed by atoms with Crippen LogP contribution in [0.25, 0.3) is 10.6 Å². The molecule has 3 aromatic carbocycles. The topological polar surface area (TPSA) is 15.6 Å². The molecule has 2 nitrogen and oxygen atoms in total. The number of hydrogen-bond donors (Lipinski definition) is 0. The number of aliphatic imine (C=N–C) groups is 1. The quantitative estimate of drug-likeness (QED) is 0.601. The number of thioether (sulfide) groups is 1. The minimum Gasteiger partial charge on any atom is -0.317 e. The van der Waals surface area contributed by atoms with Crippen LogP contribution in [0, 0.1) is 0 Å². The lowest BCUT2D eigenvalue weighted by Crippen LogP contribution is -2.24. The van der Waals surface area contributed by atoms with E-state index in [2.05, 4.69) is 95.9 Å². The Morgan fingerprint density at radius 3 is 2.04 bits per heavy atom. The number of fused-ring (bicyclic) bond motifs is 1. The summed E-state index contributed by atoms with van der Waals surface area (Å²) < 4.78 is 0. The molecular formula is C24H20N2S. The molecule has 0 aromatic heterocycles. The summed E-state index contributed by atoms with van der Waals surface area (Å²) in [7, 11) is 0. The molecule has 132 valence electrons. The Balaban J connectivity index is 1.49. The van der Waals surface area contributed by atoms with Gasteiger partial charge in [0.1, 0.15) is 0 Å². The zero-order valence-corrected chi connectivity index (χ0v) is 15.8. The third-order valence-corrected chi connectivity index (χ3v) is 6.13. The first-order chi connectivity index (χ1) is 13.4. The first-order valence-electron chi connectivity index (χ1n) is 9.31. The van der Waals surface area contributed by atoms with Crippen LogP contribution >= 0.6 is 11.8 Å². The first kappa shape index (κ1) is 16.4. The predicted octanol–water partition coefficient (Wildman–Crippen LogP) is 5.54. The molecule has 0 saturated carbocycles. The van der Waals surface area contributed by atoms with Gasteiger partial charge >= 0.3 is 0 Å². The number of amidine groups is 1. The molecule has 0 aliphatic carbocycles. The van der Waals surface area contributed by atoms with Gasteiger partial charge in [-0.2, -0.15) is 0 Å². The fraction of sp³-hybridized carbons (Fsp3) is 0.125. The number of benzene rings is 3. The summed E-state index contributed by atoms with van der Waals surface area (Å²) in [4.78, 5) is 8.78. The largest absolute Gasteiger partial charge is 0.317 e. The molecule has 27 heavy (non-hydrogen) atoms. The molecule has 0 N–H and O–H groups in total. The Morgan fingerprint density at radius 2 is 1.37 bits per heavy atom. The normalized spacial score (nSPS) is 18.6. The van der Waals surface area contributed by atoms with E-state index in [1.54, 1.807) is 0 Å². The van der Waals surface area contributed by atoms with E-state index < -0.39 is 0 Å². The second-order valence-electron chi connectivity index (χ2n) is 6.88. The molecule has 3 aromatic rings. The Hall–Kier alpha value is -2.78. The molecule has 2 heterocycles. The maximum Gasteiger partial charge on any atom is 0.169 e. The van der Waals surface area contributed by atoms with E-state index >= 15 is 0 Å². The highest BCUT2D eigenvalue weighted by Gasteiger charge is 2.37. The average Bonchev–Trinajstić information content (AvgIpc) is 3.27. The van der Waals surface area contributed by atoms with Crippen molar-refractivity contribution in [3.8, 4) is 0 Å². The van der Waals surface area contributed by atoms with Crippen LogP contribution in [0.15, 0.2) is 96.0 Å². The molecule has 2 aliphatic heterocycles. The highest BCUT2D eigenvalue weighted by molar-refractivity contribution is 8.22. The summed E-state index contributed by atoms with van der Waals surface area (Å²) in [6.45, 7) is 0.942. The second-order valence-corrected chi connectivity index (χ2v) is 7.86. The third-order valence-electron chi connectivity index (χ3n) is 4.99. The van der Waals surface area contributed by atoms with Gasteiger partial charge in [0, 0.05) is 11.4 Å². The standard InChI is InChI=1S/C24H20N2S/c1-4-10-18(11-5-1)16-21-17-26-22(19-12-6-2-7-13-19)23(27-24(26)25-21)20-14-8-3-9-15-20/h1-15,21H,16-17H2/t21-/m0/s1. The average molecular weight is 369 g/mol. The second kappa shape index (κ2) is 7.09. The summed E-state index contributed by atoms with van der Waals surface area (Å²) in [6.07, 6.45) is 0.990. The molecule has 0 radical (unpaired) electrons. The molecule has 0 unspecified atom stereocenters. The van der Waals surface area contributed by atoms with Crippen LogP contribution in [-0.4, -0.2) is 22.7 Å². The van der Waals surface area contributed by atoms with Crippen molar-refractivity contribution in [3.63, 3.8) is 0 Å². The number of hydrogen-bond acceptors (Lipinski definition) is 3. The van der Waals surface area contributed by atoms with E-state index in [0.29, 0.717) is 6.04 Å². The van der Waals surface area contributed by atoms with Gasteiger partial charge in [0.15, 0.2) is 5.17 Å². The van der Waals surface area contributed by atoms with Crippen LogP contribution in [-0.2, 0) is 6.42 Å². The third kappa shape index (κ3) is 3.19. The van der Waals surface area contributed by atoms with Crippen molar-refractivity contribution >= 4 is 27.5 Å². The predicted molar refractivity (Wildman–Crippen MR) is 115 cm³/mol. The van der Waals surface area contributed by atoms with Gasteiger partial charge < -0.3 is 4.90 Å². The minimum atomic E-state index is 0.311. The van der Waals surface area contributed by atoms with Crippen LogP contribution in [0.5, 0.6) is 0 Å². The van der Waals surface area contributed by atoms with Gasteiger partial charge in [0.2, 0.25) is 0 Å². The molecule has 2 aliphatic rings. The zero-order valence-electron chi connectivity index (χ0n) is 15.0. The molecule has 3 heteroatoms. The Morgan fingerprint density at radius 1 is 0.778 bits per heavy atom. The van der Waals surface area contributed by atoms with Gasteiger partial charge in [-0.15, -0.1) is 0 Å². The van der Waals surface area contributed by atoms with Gasteiger partial charge in [0.25, 0.3) is 0 Å². The van der Waals surface area contributed by atoms with Gasteiger partial charge in [-0.1, -0.05) is 91.0 Å². The van der Waals surface area contributed by atoms with E-state index in [0.717, 1.165) is 18.1 Å². The maximum absolute atomic E-state index is 5.06. The fourth-order valence-electron chi connectivity index (χ4n) is 3.75. The number of rotatable bonds is 4. The van der Waals surface area contributed by atoms with E-state index in [-0.39, 0.29) is 0 Å². The molecule has 0 amide bonds. The zero-order chi connectivity index (χ0) is 18.1. The van der Waals surface area contributed by atoms with Crippen LogP contribution in [0.1, 0.15) is 16.7 Å². The smallest absolute Gasteiger partial charge is 0.169 e. The van der Waals surface area contributed by atoms with Gasteiger partial charge in [-0.25, -0.2) is 0 Å². The van der Waals surface area contributed by atoms with Crippen LogP contribution < -0.4 is 0 Å². The van der Waals surface area contributed by atoms with Crippen LogP contribution in [0.2, 0.25) is 0 Å². The summed E-state index contributed by atoms with van der Waals surface area (Å²) in [5.74, 6) is 0. The monoisotopic (exact) mass is 368 g/mol. The Bertz CT molecular complexity index is 994. The highest BCUT2D eigenvalue weighted by atomic mass is 32.2. The summed E-state index contributed by atoms with van der Waals surface area (Å²) in [5.41, 5.74) is 5.17. The van der Waals surface area contributed by atoms with Crippen LogP contribution in [0.3, 0.4) is 0 Å². The van der Waals surface area contributed by atoms with E-state index in [4.69, 9.17) is 4.99 Å². The lowest BCUT2D eigenvalue weighted by atomic mass is 10.0. The molecule has 0 fully saturated rings. The maximum atomic E-state index is 5.06. The summed E-state index contributed by atoms with van der Waals surface area (Å²) >= 11 is 1.81. The molecule has 0 saturated heterocycles. The Labute approximate surface area is 164 Å². The van der Waals surface area contributed by atoms with Crippen LogP contribution in [0.4, 0.5) is 0 Å². The summed E-state index contributed by atoms with van der Waals surface area (Å²) in [6, 6.07) is 32.3. The lowest BCUT2D eigenvalue weighted by Gasteiger charge is -2.19. The van der Waals surface area contributed by atoms with Crippen molar-refractivity contribution < 1.29 is 0 Å².